The van der Waals surface area contributed by atoms with E-state index < -0.39 is 12.1 Å². The number of anilines is 2. The number of benzene rings is 2. The van der Waals surface area contributed by atoms with Crippen molar-refractivity contribution in [3.63, 3.8) is 0 Å². The standard InChI is InChI=1S/C33H39N7O5/c1-5-22(6-2)21-45-33(43)38-31(34)23-10-13-25(14-11-23)36-20-29-37-26-19-24(12-15-27(26)39(29)3)32(42)40(18-16-30(41)44-4)28-9-7-8-17-35-28/h7-15,17,19,22,36H,5-6,16,18,20-21H2,1-4H3,(H2,34,38,43). The highest BCUT2D eigenvalue weighted by Crippen LogP contribution is 2.21. The number of esters is 1. The lowest BCUT2D eigenvalue weighted by Gasteiger charge is -2.21. The van der Waals surface area contributed by atoms with Gasteiger partial charge in [-0.05, 0) is 60.5 Å². The van der Waals surface area contributed by atoms with Gasteiger partial charge in [0.25, 0.3) is 5.91 Å². The topological polar surface area (TPSA) is 154 Å². The van der Waals surface area contributed by atoms with E-state index in [-0.39, 0.29) is 24.7 Å². The second-order valence-corrected chi connectivity index (χ2v) is 10.4. The van der Waals surface area contributed by atoms with Crippen molar-refractivity contribution in [1.82, 2.24) is 14.5 Å². The Labute approximate surface area is 262 Å². The number of ether oxygens (including phenoxy) is 2. The summed E-state index contributed by atoms with van der Waals surface area (Å²) in [5.74, 6) is 0.875. The number of aliphatic imine (C=N–C) groups is 1. The third-order valence-corrected chi connectivity index (χ3v) is 7.60. The Bertz CT molecular complexity index is 1650. The Hall–Kier alpha value is -5.26. The van der Waals surface area contributed by atoms with Gasteiger partial charge < -0.3 is 25.1 Å². The normalized spacial score (nSPS) is 11.4. The number of carbonyl (C=O) groups is 3. The Morgan fingerprint density at radius 1 is 1.04 bits per heavy atom. The van der Waals surface area contributed by atoms with Crippen molar-refractivity contribution in [3.05, 3.63) is 83.8 Å². The smallest absolute Gasteiger partial charge is 0.435 e. The molecule has 3 N–H and O–H groups in total. The molecule has 0 saturated heterocycles. The molecule has 2 aromatic heterocycles. The summed E-state index contributed by atoms with van der Waals surface area (Å²) in [6, 6.07) is 17.8. The summed E-state index contributed by atoms with van der Waals surface area (Å²) in [4.78, 5) is 51.8. The molecule has 0 radical (unpaired) electrons. The van der Waals surface area contributed by atoms with Crippen molar-refractivity contribution in [3.8, 4) is 0 Å². The van der Waals surface area contributed by atoms with Gasteiger partial charge in [-0.25, -0.2) is 14.8 Å². The Balaban J connectivity index is 1.43. The van der Waals surface area contributed by atoms with Gasteiger partial charge in [0.2, 0.25) is 0 Å². The number of methoxy groups -OCH3 is 1. The van der Waals surface area contributed by atoms with Crippen molar-refractivity contribution < 1.29 is 23.9 Å². The lowest BCUT2D eigenvalue weighted by atomic mass is 10.1. The molecule has 0 saturated carbocycles. The van der Waals surface area contributed by atoms with Crippen LogP contribution in [0.5, 0.6) is 0 Å². The van der Waals surface area contributed by atoms with Crippen LogP contribution in [-0.4, -0.2) is 58.6 Å². The van der Waals surface area contributed by atoms with Gasteiger partial charge in [-0.2, -0.15) is 4.99 Å². The minimum absolute atomic E-state index is 0.0336. The molecule has 2 aromatic carbocycles. The van der Waals surface area contributed by atoms with E-state index in [9.17, 15) is 14.4 Å². The molecule has 12 nitrogen and oxygen atoms in total. The van der Waals surface area contributed by atoms with E-state index in [2.05, 4.69) is 29.1 Å². The molecule has 4 aromatic rings. The number of nitrogens with one attached hydrogen (secondary N) is 1. The minimum Gasteiger partial charge on any atom is -0.469 e. The van der Waals surface area contributed by atoms with Crippen molar-refractivity contribution in [1.29, 1.82) is 0 Å². The summed E-state index contributed by atoms with van der Waals surface area (Å²) in [7, 11) is 3.22. The van der Waals surface area contributed by atoms with Crippen LogP contribution in [0.15, 0.2) is 71.9 Å². The summed E-state index contributed by atoms with van der Waals surface area (Å²) < 4.78 is 11.9. The van der Waals surface area contributed by atoms with Crippen LogP contribution in [-0.2, 0) is 27.9 Å². The van der Waals surface area contributed by atoms with Crippen LogP contribution in [0.1, 0.15) is 54.9 Å². The number of nitrogens with zero attached hydrogens (tertiary/aromatic N) is 5. The zero-order chi connectivity index (χ0) is 32.3. The molecule has 0 spiro atoms. The molecule has 0 fully saturated rings. The molecule has 0 aliphatic heterocycles. The second-order valence-electron chi connectivity index (χ2n) is 10.4. The number of rotatable bonds is 13. The van der Waals surface area contributed by atoms with Crippen LogP contribution in [0.4, 0.5) is 16.3 Å². The first kappa shape index (κ1) is 32.6. The van der Waals surface area contributed by atoms with E-state index in [4.69, 9.17) is 20.2 Å². The lowest BCUT2D eigenvalue weighted by Crippen LogP contribution is -2.33. The SMILES string of the molecule is CCC(CC)COC(=O)/N=C(\N)c1ccc(NCc2nc3cc(C(=O)N(CCC(=O)OC)c4ccccn4)ccc3n2C)cc1. The fourth-order valence-electron chi connectivity index (χ4n) is 4.68. The van der Waals surface area contributed by atoms with Crippen molar-refractivity contribution >= 4 is 46.3 Å². The molecule has 45 heavy (non-hydrogen) atoms. The predicted octanol–water partition coefficient (Wildman–Crippen LogP) is 5.07. The van der Waals surface area contributed by atoms with E-state index in [1.54, 1.807) is 48.7 Å². The molecule has 0 unspecified atom stereocenters. The molecule has 0 atom stereocenters. The quantitative estimate of drug-likeness (QED) is 0.119. The summed E-state index contributed by atoms with van der Waals surface area (Å²) in [5.41, 5.74) is 9.39. The van der Waals surface area contributed by atoms with E-state index in [1.165, 1.54) is 12.0 Å². The number of hydrogen-bond donors (Lipinski definition) is 2. The zero-order valence-electron chi connectivity index (χ0n) is 26.0. The predicted molar refractivity (Wildman–Crippen MR) is 173 cm³/mol. The fraction of sp³-hybridized carbons (Fsp3) is 0.333. The maximum atomic E-state index is 13.6. The van der Waals surface area contributed by atoms with Crippen LogP contribution < -0.4 is 16.0 Å². The molecule has 12 heteroatoms. The van der Waals surface area contributed by atoms with Crippen LogP contribution in [0, 0.1) is 5.92 Å². The van der Waals surface area contributed by atoms with Crippen molar-refractivity contribution in [2.24, 2.45) is 23.7 Å². The number of amides is 2. The number of nitrogens with two attached hydrogens (primary N) is 1. The number of pyridine rings is 1. The van der Waals surface area contributed by atoms with Crippen molar-refractivity contribution in [2.45, 2.75) is 39.7 Å². The van der Waals surface area contributed by atoms with Crippen LogP contribution >= 0.6 is 0 Å². The maximum absolute atomic E-state index is 13.6. The van der Waals surface area contributed by atoms with Gasteiger partial charge in [0, 0.05) is 36.6 Å². The number of aryl methyl sites for hydroxylation is 1. The van der Waals surface area contributed by atoms with Crippen LogP contribution in [0.3, 0.4) is 0 Å². The van der Waals surface area contributed by atoms with Gasteiger partial charge in [0.15, 0.2) is 0 Å². The highest BCUT2D eigenvalue weighted by molar-refractivity contribution is 6.07. The van der Waals surface area contributed by atoms with E-state index in [0.717, 1.165) is 29.9 Å². The average Bonchev–Trinajstić information content (AvgIpc) is 3.38. The molecule has 2 amide bonds. The Kier molecular flexibility index (Phi) is 11.2. The summed E-state index contributed by atoms with van der Waals surface area (Å²) in [5, 5.41) is 3.34. The zero-order valence-corrected chi connectivity index (χ0v) is 26.0. The molecule has 0 bridgehead atoms. The third-order valence-electron chi connectivity index (χ3n) is 7.60. The summed E-state index contributed by atoms with van der Waals surface area (Å²) >= 11 is 0. The molecule has 0 aliphatic carbocycles. The molecule has 4 rings (SSSR count). The molecular formula is C33H39N7O5. The lowest BCUT2D eigenvalue weighted by molar-refractivity contribution is -0.140. The number of carbonyl (C=O) groups excluding carboxylic acids is 3. The van der Waals surface area contributed by atoms with Gasteiger partial charge >= 0.3 is 12.1 Å². The third kappa shape index (κ3) is 8.43. The molecule has 236 valence electrons. The van der Waals surface area contributed by atoms with Crippen LogP contribution in [0.2, 0.25) is 0 Å². The fourth-order valence-corrected chi connectivity index (χ4v) is 4.68. The van der Waals surface area contributed by atoms with Gasteiger partial charge in [0.05, 0.1) is 37.7 Å². The number of amidine groups is 1. The van der Waals surface area contributed by atoms with E-state index in [1.807, 2.05) is 29.8 Å². The Morgan fingerprint density at radius 3 is 2.44 bits per heavy atom. The van der Waals surface area contributed by atoms with Crippen LogP contribution in [0.25, 0.3) is 11.0 Å². The summed E-state index contributed by atoms with van der Waals surface area (Å²) in [6.07, 6.45) is 2.79. The number of fused-ring (bicyclic) bond motifs is 1. The Morgan fingerprint density at radius 2 is 1.78 bits per heavy atom. The number of hydrogen-bond acceptors (Lipinski definition) is 8. The number of imidazole rings is 1. The van der Waals surface area contributed by atoms with E-state index in [0.29, 0.717) is 41.5 Å². The second kappa shape index (κ2) is 15.5. The number of aromatic nitrogens is 3. The average molecular weight is 614 g/mol. The van der Waals surface area contributed by atoms with Gasteiger partial charge in [-0.1, -0.05) is 32.8 Å². The van der Waals surface area contributed by atoms with Gasteiger partial charge in [0.1, 0.15) is 17.5 Å². The highest BCUT2D eigenvalue weighted by Gasteiger charge is 2.21. The van der Waals surface area contributed by atoms with Gasteiger partial charge in [-0.3, -0.25) is 14.5 Å². The largest absolute Gasteiger partial charge is 0.469 e. The molecule has 2 heterocycles. The highest BCUT2D eigenvalue weighted by atomic mass is 16.5. The van der Waals surface area contributed by atoms with Crippen molar-refractivity contribution in [2.75, 3.05) is 30.5 Å². The minimum atomic E-state index is -0.695. The molecule has 0 aliphatic rings. The first-order valence-electron chi connectivity index (χ1n) is 14.8. The molecular weight excluding hydrogens is 574 g/mol. The first-order chi connectivity index (χ1) is 21.7. The van der Waals surface area contributed by atoms with E-state index >= 15 is 0 Å². The first-order valence-corrected chi connectivity index (χ1v) is 14.8. The maximum Gasteiger partial charge on any atom is 0.435 e. The summed E-state index contributed by atoms with van der Waals surface area (Å²) in [6.45, 7) is 4.97. The van der Waals surface area contributed by atoms with Gasteiger partial charge in [-0.15, -0.1) is 0 Å². The monoisotopic (exact) mass is 613 g/mol.